The van der Waals surface area contributed by atoms with Crippen molar-refractivity contribution in [1.29, 1.82) is 0 Å². The molecule has 1 aliphatic heterocycles. The molecule has 2 aliphatic rings. The zero-order valence-electron chi connectivity index (χ0n) is 17.9. The van der Waals surface area contributed by atoms with E-state index in [0.29, 0.717) is 22.6 Å². The first-order valence-corrected chi connectivity index (χ1v) is 12.2. The van der Waals surface area contributed by atoms with E-state index >= 15 is 0 Å². The van der Waals surface area contributed by atoms with Gasteiger partial charge in [0.25, 0.3) is 15.9 Å². The number of sulfonamides is 1. The van der Waals surface area contributed by atoms with Gasteiger partial charge in [-0.3, -0.25) is 9.52 Å². The Morgan fingerprint density at radius 2 is 1.71 bits per heavy atom. The molecule has 0 aromatic heterocycles. The monoisotopic (exact) mass is 443 g/mol. The van der Waals surface area contributed by atoms with Gasteiger partial charge in [-0.25, -0.2) is 8.42 Å². The molecular formula is C23H29N3O4S. The summed E-state index contributed by atoms with van der Waals surface area (Å²) in [5.41, 5.74) is 1.36. The number of benzene rings is 2. The molecule has 0 unspecified atom stereocenters. The van der Waals surface area contributed by atoms with Gasteiger partial charge in [0.15, 0.2) is 0 Å². The molecule has 0 radical (unpaired) electrons. The Morgan fingerprint density at radius 1 is 1.03 bits per heavy atom. The van der Waals surface area contributed by atoms with Crippen LogP contribution in [0.3, 0.4) is 0 Å². The fourth-order valence-electron chi connectivity index (χ4n) is 4.02. The van der Waals surface area contributed by atoms with Gasteiger partial charge in [-0.2, -0.15) is 0 Å². The number of ether oxygens (including phenoxy) is 1. The van der Waals surface area contributed by atoms with Crippen LogP contribution in [-0.2, 0) is 10.0 Å². The van der Waals surface area contributed by atoms with Crippen LogP contribution in [0.4, 0.5) is 5.69 Å². The number of amides is 1. The van der Waals surface area contributed by atoms with Crippen LogP contribution in [0, 0.1) is 6.92 Å². The summed E-state index contributed by atoms with van der Waals surface area (Å²) in [5, 5.41) is 3.08. The van der Waals surface area contributed by atoms with Crippen molar-refractivity contribution in [2.75, 3.05) is 24.9 Å². The number of carbonyl (C=O) groups excluding carboxylic acids is 1. The van der Waals surface area contributed by atoms with Crippen molar-refractivity contribution in [2.45, 2.75) is 49.6 Å². The summed E-state index contributed by atoms with van der Waals surface area (Å²) in [6, 6.07) is 12.3. The third-order valence-corrected chi connectivity index (χ3v) is 7.53. The smallest absolute Gasteiger partial charge is 0.262 e. The lowest BCUT2D eigenvalue weighted by Crippen LogP contribution is -2.45. The van der Waals surface area contributed by atoms with E-state index in [9.17, 15) is 13.2 Å². The Labute approximate surface area is 183 Å². The van der Waals surface area contributed by atoms with Crippen molar-refractivity contribution >= 4 is 21.6 Å². The summed E-state index contributed by atoms with van der Waals surface area (Å²) >= 11 is 0. The minimum Gasteiger partial charge on any atom is -0.497 e. The van der Waals surface area contributed by atoms with Crippen LogP contribution in [0.15, 0.2) is 47.4 Å². The van der Waals surface area contributed by atoms with E-state index in [1.54, 1.807) is 50.4 Å². The molecule has 4 rings (SSSR count). The van der Waals surface area contributed by atoms with Crippen molar-refractivity contribution in [3.05, 3.63) is 53.6 Å². The number of aryl methyl sites for hydroxylation is 1. The predicted octanol–water partition coefficient (Wildman–Crippen LogP) is 3.16. The second-order valence-electron chi connectivity index (χ2n) is 8.33. The van der Waals surface area contributed by atoms with Gasteiger partial charge in [-0.15, -0.1) is 0 Å². The standard InChI is InChI=1S/C23H29N3O4S/c1-16-3-4-17(23(27)24-18-11-13-26(14-12-18)20-7-8-20)15-22(16)31(28,29)25-19-5-9-21(30-2)10-6-19/h3-6,9-10,15,18,20,25H,7-8,11-14H2,1-2H3,(H,24,27). The van der Waals surface area contributed by atoms with Crippen molar-refractivity contribution in [1.82, 2.24) is 10.2 Å². The molecule has 0 spiro atoms. The second kappa shape index (κ2) is 8.88. The highest BCUT2D eigenvalue weighted by Crippen LogP contribution is 2.29. The first-order chi connectivity index (χ1) is 14.9. The molecular weight excluding hydrogens is 414 g/mol. The molecule has 31 heavy (non-hydrogen) atoms. The Balaban J connectivity index is 1.44. The summed E-state index contributed by atoms with van der Waals surface area (Å²) in [5.74, 6) is 0.409. The van der Waals surface area contributed by atoms with Crippen molar-refractivity contribution < 1.29 is 17.9 Å². The number of hydrogen-bond acceptors (Lipinski definition) is 5. The number of likely N-dealkylation sites (tertiary alicyclic amines) is 1. The SMILES string of the molecule is COc1ccc(NS(=O)(=O)c2cc(C(=O)NC3CCN(C4CC4)CC3)ccc2C)cc1. The normalized spacial score (nSPS) is 17.9. The summed E-state index contributed by atoms with van der Waals surface area (Å²) in [6.07, 6.45) is 4.45. The van der Waals surface area contributed by atoms with Gasteiger partial charge in [0.1, 0.15) is 5.75 Å². The highest BCUT2D eigenvalue weighted by molar-refractivity contribution is 7.92. The van der Waals surface area contributed by atoms with Crippen LogP contribution in [0.25, 0.3) is 0 Å². The molecule has 1 saturated heterocycles. The van der Waals surface area contributed by atoms with Gasteiger partial charge >= 0.3 is 0 Å². The van der Waals surface area contributed by atoms with Gasteiger partial charge in [0, 0.05) is 36.4 Å². The van der Waals surface area contributed by atoms with Crippen LogP contribution in [0.2, 0.25) is 0 Å². The van der Waals surface area contributed by atoms with Gasteiger partial charge in [-0.05, 0) is 74.6 Å². The molecule has 1 heterocycles. The number of carbonyl (C=O) groups is 1. The molecule has 2 aromatic carbocycles. The predicted molar refractivity (Wildman–Crippen MR) is 120 cm³/mol. The zero-order valence-corrected chi connectivity index (χ0v) is 18.7. The van der Waals surface area contributed by atoms with Crippen molar-refractivity contribution in [3.8, 4) is 5.75 Å². The van der Waals surface area contributed by atoms with Gasteiger partial charge in [-0.1, -0.05) is 6.07 Å². The Morgan fingerprint density at radius 3 is 2.32 bits per heavy atom. The minimum atomic E-state index is -3.84. The molecule has 8 heteroatoms. The van der Waals surface area contributed by atoms with E-state index in [0.717, 1.165) is 32.0 Å². The largest absolute Gasteiger partial charge is 0.497 e. The fraction of sp³-hybridized carbons (Fsp3) is 0.435. The molecule has 0 atom stereocenters. The number of nitrogens with zero attached hydrogens (tertiary/aromatic N) is 1. The molecule has 1 aliphatic carbocycles. The zero-order chi connectivity index (χ0) is 22.0. The van der Waals surface area contributed by atoms with Gasteiger partial charge in [0.2, 0.25) is 0 Å². The summed E-state index contributed by atoms with van der Waals surface area (Å²) in [6.45, 7) is 3.74. The Bertz CT molecular complexity index is 1040. The maximum atomic E-state index is 13.0. The van der Waals surface area contributed by atoms with Gasteiger partial charge in [0.05, 0.1) is 12.0 Å². The number of hydrogen-bond donors (Lipinski definition) is 2. The molecule has 0 bridgehead atoms. The van der Waals surface area contributed by atoms with E-state index in [4.69, 9.17) is 4.74 Å². The molecule has 1 amide bonds. The summed E-state index contributed by atoms with van der Waals surface area (Å²) in [4.78, 5) is 15.4. The summed E-state index contributed by atoms with van der Waals surface area (Å²) in [7, 11) is -2.29. The third-order valence-electron chi connectivity index (χ3n) is 6.01. The van der Waals surface area contributed by atoms with Crippen LogP contribution < -0.4 is 14.8 Å². The highest BCUT2D eigenvalue weighted by Gasteiger charge is 2.32. The minimum absolute atomic E-state index is 0.0968. The average Bonchev–Trinajstić information content (AvgIpc) is 3.60. The molecule has 2 aromatic rings. The highest BCUT2D eigenvalue weighted by atomic mass is 32.2. The molecule has 7 nitrogen and oxygen atoms in total. The fourth-order valence-corrected chi connectivity index (χ4v) is 5.35. The van der Waals surface area contributed by atoms with E-state index < -0.39 is 10.0 Å². The average molecular weight is 444 g/mol. The van der Waals surface area contributed by atoms with Crippen molar-refractivity contribution in [2.24, 2.45) is 0 Å². The maximum Gasteiger partial charge on any atom is 0.262 e. The van der Waals surface area contributed by atoms with E-state index in [2.05, 4.69) is 14.9 Å². The molecule has 2 N–H and O–H groups in total. The quantitative estimate of drug-likeness (QED) is 0.686. The number of methoxy groups -OCH3 is 1. The first kappa shape index (κ1) is 21.6. The lowest BCUT2D eigenvalue weighted by atomic mass is 10.0. The Hall–Kier alpha value is -2.58. The first-order valence-electron chi connectivity index (χ1n) is 10.7. The molecule has 2 fully saturated rings. The van der Waals surface area contributed by atoms with Crippen LogP contribution in [0.1, 0.15) is 41.6 Å². The van der Waals surface area contributed by atoms with E-state index in [1.165, 1.54) is 18.9 Å². The van der Waals surface area contributed by atoms with E-state index in [-0.39, 0.29) is 16.8 Å². The topological polar surface area (TPSA) is 87.7 Å². The van der Waals surface area contributed by atoms with Gasteiger partial charge < -0.3 is 15.0 Å². The Kier molecular flexibility index (Phi) is 6.20. The third kappa shape index (κ3) is 5.19. The van der Waals surface area contributed by atoms with E-state index in [1.807, 2.05) is 0 Å². The van der Waals surface area contributed by atoms with Crippen molar-refractivity contribution in [3.63, 3.8) is 0 Å². The lowest BCUT2D eigenvalue weighted by Gasteiger charge is -2.32. The number of rotatable bonds is 7. The number of nitrogens with one attached hydrogen (secondary N) is 2. The summed E-state index contributed by atoms with van der Waals surface area (Å²) < 4.78 is 33.6. The lowest BCUT2D eigenvalue weighted by molar-refractivity contribution is 0.0909. The van der Waals surface area contributed by atoms with Crippen LogP contribution >= 0.6 is 0 Å². The number of piperidine rings is 1. The second-order valence-corrected chi connectivity index (χ2v) is 9.98. The molecule has 166 valence electrons. The van der Waals surface area contributed by atoms with Crippen LogP contribution in [0.5, 0.6) is 5.75 Å². The molecule has 1 saturated carbocycles. The van der Waals surface area contributed by atoms with Crippen LogP contribution in [-0.4, -0.2) is 51.5 Å². The number of anilines is 1. The maximum absolute atomic E-state index is 13.0.